The van der Waals surface area contributed by atoms with Crippen molar-refractivity contribution in [2.45, 2.75) is 20.3 Å². The number of hydrogen-bond donors (Lipinski definition) is 1. The number of nitrogens with zero attached hydrogens (tertiary/aromatic N) is 1. The third kappa shape index (κ3) is 2.80. The Labute approximate surface area is 145 Å². The number of carbonyl (C=O) groups excluding carboxylic acids is 1. The zero-order chi connectivity index (χ0) is 18.1. The molecule has 0 aliphatic heterocycles. The van der Waals surface area contributed by atoms with Crippen molar-refractivity contribution in [3.05, 3.63) is 51.9 Å². The first-order valence-corrected chi connectivity index (χ1v) is 8.01. The topological polar surface area (TPSA) is 73.3 Å². The second-order valence-corrected chi connectivity index (χ2v) is 5.74. The molecule has 0 aliphatic rings. The molecule has 3 rings (SSSR count). The van der Waals surface area contributed by atoms with E-state index in [4.69, 9.17) is 9.47 Å². The van der Waals surface area contributed by atoms with Crippen LogP contribution in [0.25, 0.3) is 16.7 Å². The number of aryl methyl sites for hydroxylation is 1. The van der Waals surface area contributed by atoms with Crippen molar-refractivity contribution in [2.75, 3.05) is 14.2 Å². The molecule has 2 aromatic carbocycles. The largest absolute Gasteiger partial charge is 0.496 e. The number of H-pyrrole nitrogens is 1. The summed E-state index contributed by atoms with van der Waals surface area (Å²) >= 11 is 0. The van der Waals surface area contributed by atoms with Gasteiger partial charge in [0.25, 0.3) is 0 Å². The molecule has 1 N–H and O–H groups in total. The van der Waals surface area contributed by atoms with E-state index in [1.807, 2.05) is 13.0 Å². The lowest BCUT2D eigenvalue weighted by molar-refractivity contribution is 0.101. The van der Waals surface area contributed by atoms with E-state index in [-0.39, 0.29) is 11.5 Å². The van der Waals surface area contributed by atoms with Gasteiger partial charge in [-0.2, -0.15) is 0 Å². The maximum atomic E-state index is 12.6. The molecule has 6 heteroatoms. The molecular weight excluding hydrogens is 320 g/mol. The number of aromatic nitrogens is 2. The Balaban J connectivity index is 2.31. The zero-order valence-corrected chi connectivity index (χ0v) is 14.7. The molecule has 6 nitrogen and oxygen atoms in total. The highest BCUT2D eigenvalue weighted by molar-refractivity contribution is 5.97. The Bertz CT molecular complexity index is 1010. The molecule has 1 heterocycles. The Morgan fingerprint density at radius 1 is 1.12 bits per heavy atom. The number of ether oxygens (including phenoxy) is 2. The molecule has 3 aromatic rings. The van der Waals surface area contributed by atoms with Crippen LogP contribution < -0.4 is 15.2 Å². The van der Waals surface area contributed by atoms with Gasteiger partial charge < -0.3 is 14.5 Å². The predicted octanol–water partition coefficient (Wildman–Crippen LogP) is 3.10. The fourth-order valence-corrected chi connectivity index (χ4v) is 2.97. The number of imidazole rings is 1. The summed E-state index contributed by atoms with van der Waals surface area (Å²) < 4.78 is 12.4. The number of Topliss-reactive ketones (excluding diaryl/α,β-unsaturated/α-hetero) is 1. The Hall–Kier alpha value is -3.02. The van der Waals surface area contributed by atoms with Crippen LogP contribution in [0, 0.1) is 0 Å². The van der Waals surface area contributed by atoms with Crippen molar-refractivity contribution in [3.63, 3.8) is 0 Å². The van der Waals surface area contributed by atoms with Crippen molar-refractivity contribution in [2.24, 2.45) is 0 Å². The van der Waals surface area contributed by atoms with Gasteiger partial charge in [0, 0.05) is 11.6 Å². The fraction of sp³-hybridized carbons (Fsp3) is 0.263. The van der Waals surface area contributed by atoms with Crippen LogP contribution in [-0.4, -0.2) is 29.6 Å². The highest BCUT2D eigenvalue weighted by Gasteiger charge is 2.17. The number of nitrogens with one attached hydrogen (secondary N) is 1. The van der Waals surface area contributed by atoms with Gasteiger partial charge in [-0.15, -0.1) is 0 Å². The molecule has 0 saturated heterocycles. The summed E-state index contributed by atoms with van der Waals surface area (Å²) in [5.41, 5.74) is 3.15. The summed E-state index contributed by atoms with van der Waals surface area (Å²) in [5, 5.41) is 0. The molecule has 0 spiro atoms. The van der Waals surface area contributed by atoms with Crippen LogP contribution >= 0.6 is 0 Å². The smallest absolute Gasteiger partial charge is 0.331 e. The zero-order valence-electron chi connectivity index (χ0n) is 14.7. The van der Waals surface area contributed by atoms with Gasteiger partial charge >= 0.3 is 5.69 Å². The maximum absolute atomic E-state index is 12.6. The normalized spacial score (nSPS) is 10.9. The molecule has 130 valence electrons. The predicted molar refractivity (Wildman–Crippen MR) is 96.4 cm³/mol. The lowest BCUT2D eigenvalue weighted by Gasteiger charge is -2.15. The average Bonchev–Trinajstić information content (AvgIpc) is 2.94. The van der Waals surface area contributed by atoms with Crippen LogP contribution in [-0.2, 0) is 6.42 Å². The molecule has 0 saturated carbocycles. The van der Waals surface area contributed by atoms with Gasteiger partial charge in [0.05, 0.1) is 30.9 Å². The lowest BCUT2D eigenvalue weighted by Crippen LogP contribution is -2.16. The van der Waals surface area contributed by atoms with Crippen molar-refractivity contribution in [1.29, 1.82) is 0 Å². The van der Waals surface area contributed by atoms with E-state index in [1.54, 1.807) is 43.1 Å². The number of hydrogen-bond acceptors (Lipinski definition) is 4. The fourth-order valence-electron chi connectivity index (χ4n) is 2.97. The molecule has 0 atom stereocenters. The van der Waals surface area contributed by atoms with Gasteiger partial charge in [-0.3, -0.25) is 9.36 Å². The van der Waals surface area contributed by atoms with E-state index in [2.05, 4.69) is 4.98 Å². The number of fused-ring (bicyclic) bond motifs is 1. The number of aromatic amines is 1. The van der Waals surface area contributed by atoms with Crippen molar-refractivity contribution in [3.8, 4) is 17.2 Å². The summed E-state index contributed by atoms with van der Waals surface area (Å²) in [7, 11) is 3.16. The first-order valence-electron chi connectivity index (χ1n) is 8.01. The number of carbonyl (C=O) groups is 1. The van der Waals surface area contributed by atoms with Crippen LogP contribution in [0.3, 0.4) is 0 Å². The van der Waals surface area contributed by atoms with Gasteiger partial charge in [-0.25, -0.2) is 4.79 Å². The Morgan fingerprint density at radius 3 is 2.44 bits per heavy atom. The first-order chi connectivity index (χ1) is 12.0. The van der Waals surface area contributed by atoms with Gasteiger partial charge in [0.2, 0.25) is 0 Å². The average molecular weight is 340 g/mol. The highest BCUT2D eigenvalue weighted by atomic mass is 16.5. The van der Waals surface area contributed by atoms with E-state index in [0.29, 0.717) is 28.0 Å². The minimum atomic E-state index is -0.291. The van der Waals surface area contributed by atoms with Crippen LogP contribution in [0.1, 0.15) is 29.8 Å². The maximum Gasteiger partial charge on any atom is 0.331 e. The summed E-state index contributed by atoms with van der Waals surface area (Å²) in [6.07, 6.45) is 0.756. The van der Waals surface area contributed by atoms with Crippen LogP contribution in [0.5, 0.6) is 11.5 Å². The van der Waals surface area contributed by atoms with Crippen LogP contribution in [0.15, 0.2) is 35.1 Å². The molecule has 1 aromatic heterocycles. The third-order valence-corrected chi connectivity index (χ3v) is 4.29. The Morgan fingerprint density at radius 2 is 1.84 bits per heavy atom. The molecule has 0 amide bonds. The minimum Gasteiger partial charge on any atom is -0.496 e. The summed E-state index contributed by atoms with van der Waals surface area (Å²) in [6.45, 7) is 3.52. The van der Waals surface area contributed by atoms with Crippen LogP contribution in [0.4, 0.5) is 0 Å². The second kappa shape index (κ2) is 6.47. The minimum absolute atomic E-state index is 0.0502. The number of methoxy groups -OCH3 is 2. The molecule has 25 heavy (non-hydrogen) atoms. The summed E-state index contributed by atoms with van der Waals surface area (Å²) in [6, 6.07) is 8.84. The van der Waals surface area contributed by atoms with E-state index >= 15 is 0 Å². The summed E-state index contributed by atoms with van der Waals surface area (Å²) in [4.78, 5) is 27.0. The Kier molecular flexibility index (Phi) is 4.35. The second-order valence-electron chi connectivity index (χ2n) is 5.74. The van der Waals surface area contributed by atoms with Gasteiger partial charge in [-0.1, -0.05) is 6.92 Å². The van der Waals surface area contributed by atoms with Gasteiger partial charge in [0.15, 0.2) is 5.78 Å². The number of benzene rings is 2. The number of rotatable bonds is 5. The molecule has 0 fully saturated rings. The summed E-state index contributed by atoms with van der Waals surface area (Å²) in [5.74, 6) is 1.20. The van der Waals surface area contributed by atoms with Crippen molar-refractivity contribution < 1.29 is 14.3 Å². The molecule has 0 radical (unpaired) electrons. The van der Waals surface area contributed by atoms with Gasteiger partial charge in [-0.05, 0) is 43.2 Å². The SMILES string of the molecule is CCc1cc(-n2c(=O)[nH]c3cc(C(C)=O)ccc32)c(OC)cc1OC. The van der Waals surface area contributed by atoms with Gasteiger partial charge in [0.1, 0.15) is 11.5 Å². The van der Waals surface area contributed by atoms with E-state index in [9.17, 15) is 9.59 Å². The molecule has 0 bridgehead atoms. The van der Waals surface area contributed by atoms with Crippen molar-refractivity contribution >= 4 is 16.8 Å². The number of ketones is 1. The third-order valence-electron chi connectivity index (χ3n) is 4.29. The highest BCUT2D eigenvalue weighted by Crippen LogP contribution is 2.33. The standard InChI is InChI=1S/C19H20N2O4/c1-5-12-9-16(18(25-4)10-17(12)24-3)21-15-7-6-13(11(2)22)8-14(15)20-19(21)23/h6-10H,5H2,1-4H3,(H,20,23). The van der Waals surface area contributed by atoms with E-state index < -0.39 is 0 Å². The first kappa shape index (κ1) is 16.8. The lowest BCUT2D eigenvalue weighted by atomic mass is 10.1. The van der Waals surface area contributed by atoms with E-state index in [1.165, 1.54) is 6.92 Å². The quantitative estimate of drug-likeness (QED) is 0.724. The molecule has 0 aliphatic carbocycles. The van der Waals surface area contributed by atoms with E-state index in [0.717, 1.165) is 17.7 Å². The molecule has 0 unspecified atom stereocenters. The van der Waals surface area contributed by atoms with Crippen LogP contribution in [0.2, 0.25) is 0 Å². The monoisotopic (exact) mass is 340 g/mol. The molecular formula is C19H20N2O4. The van der Waals surface area contributed by atoms with Crippen molar-refractivity contribution in [1.82, 2.24) is 9.55 Å².